The average molecular weight is 304 g/mol. The molecule has 0 saturated heterocycles. The third-order valence-electron chi connectivity index (χ3n) is 3.64. The van der Waals surface area contributed by atoms with Crippen molar-refractivity contribution >= 4 is 11.6 Å². The van der Waals surface area contributed by atoms with Crippen LogP contribution < -0.4 is 10.5 Å². The number of nitro groups is 1. The number of rotatable bonds is 4. The van der Waals surface area contributed by atoms with Gasteiger partial charge in [0.2, 0.25) is 5.95 Å². The average Bonchev–Trinajstić information content (AvgIpc) is 3.01. The molecule has 0 unspecified atom stereocenters. The molecule has 8 heteroatoms. The number of nitrogens with two attached hydrogens (primary N) is 1. The lowest BCUT2D eigenvalue weighted by Crippen LogP contribution is -2.21. The summed E-state index contributed by atoms with van der Waals surface area (Å²) in [6.07, 6.45) is 6.30. The van der Waals surface area contributed by atoms with Crippen LogP contribution in [0.25, 0.3) is 11.5 Å². The normalized spacial score (nSPS) is 15.6. The summed E-state index contributed by atoms with van der Waals surface area (Å²) < 4.78 is 11.0. The van der Waals surface area contributed by atoms with Crippen LogP contribution in [0.5, 0.6) is 5.88 Å². The van der Waals surface area contributed by atoms with Crippen molar-refractivity contribution in [1.82, 2.24) is 9.97 Å². The fourth-order valence-electron chi connectivity index (χ4n) is 2.62. The molecule has 3 rings (SSSR count). The van der Waals surface area contributed by atoms with Gasteiger partial charge in [-0.3, -0.25) is 10.1 Å². The van der Waals surface area contributed by atoms with Crippen LogP contribution in [0.2, 0.25) is 0 Å². The zero-order chi connectivity index (χ0) is 15.5. The van der Waals surface area contributed by atoms with E-state index in [0.29, 0.717) is 0 Å². The van der Waals surface area contributed by atoms with Crippen molar-refractivity contribution in [2.24, 2.45) is 0 Å². The molecule has 0 spiro atoms. The number of anilines is 1. The molecule has 0 radical (unpaired) electrons. The molecule has 116 valence electrons. The standard InChI is InChI=1S/C14H16N4O4/c15-14-16-11(10-7-4-8-21-10)12(18(19)20)13(17-14)22-9-5-2-1-3-6-9/h4,7-9H,1-3,5-6H2,(H2,15,16,17). The molecule has 2 aromatic heterocycles. The van der Waals surface area contributed by atoms with Gasteiger partial charge in [-0.1, -0.05) is 6.42 Å². The maximum Gasteiger partial charge on any atom is 0.360 e. The molecule has 1 saturated carbocycles. The molecule has 0 atom stereocenters. The largest absolute Gasteiger partial charge is 0.469 e. The van der Waals surface area contributed by atoms with Gasteiger partial charge < -0.3 is 14.9 Å². The van der Waals surface area contributed by atoms with E-state index in [1.54, 1.807) is 12.1 Å². The van der Waals surface area contributed by atoms with E-state index in [4.69, 9.17) is 14.9 Å². The molecule has 1 aliphatic rings. The zero-order valence-electron chi connectivity index (χ0n) is 11.9. The lowest BCUT2D eigenvalue weighted by atomic mass is 9.98. The van der Waals surface area contributed by atoms with Crippen molar-refractivity contribution in [1.29, 1.82) is 0 Å². The van der Waals surface area contributed by atoms with Crippen molar-refractivity contribution in [3.63, 3.8) is 0 Å². The minimum atomic E-state index is -0.560. The van der Waals surface area contributed by atoms with Gasteiger partial charge in [0, 0.05) is 0 Å². The first kappa shape index (κ1) is 14.3. The first-order chi connectivity index (χ1) is 10.6. The molecule has 1 fully saturated rings. The molecule has 22 heavy (non-hydrogen) atoms. The van der Waals surface area contributed by atoms with Gasteiger partial charge in [-0.25, -0.2) is 4.98 Å². The molecule has 0 aliphatic heterocycles. The van der Waals surface area contributed by atoms with Gasteiger partial charge in [-0.2, -0.15) is 4.98 Å². The Morgan fingerprint density at radius 1 is 1.32 bits per heavy atom. The number of nitrogens with zero attached hydrogens (tertiary/aromatic N) is 3. The van der Waals surface area contributed by atoms with Crippen LogP contribution in [0, 0.1) is 10.1 Å². The number of aromatic nitrogens is 2. The zero-order valence-corrected chi connectivity index (χ0v) is 11.9. The molecule has 1 aliphatic carbocycles. The van der Waals surface area contributed by atoms with E-state index in [0.717, 1.165) is 32.1 Å². The molecule has 2 aromatic rings. The fourth-order valence-corrected chi connectivity index (χ4v) is 2.62. The van der Waals surface area contributed by atoms with Gasteiger partial charge >= 0.3 is 5.69 Å². The third-order valence-corrected chi connectivity index (χ3v) is 3.64. The summed E-state index contributed by atoms with van der Waals surface area (Å²) in [6, 6.07) is 3.21. The number of hydrogen-bond acceptors (Lipinski definition) is 7. The van der Waals surface area contributed by atoms with Gasteiger partial charge in [0.1, 0.15) is 6.10 Å². The number of nitrogen functional groups attached to an aromatic ring is 1. The van der Waals surface area contributed by atoms with Crippen LogP contribution in [-0.2, 0) is 0 Å². The fraction of sp³-hybridized carbons (Fsp3) is 0.429. The molecule has 0 bridgehead atoms. The van der Waals surface area contributed by atoms with E-state index in [1.165, 1.54) is 6.26 Å². The SMILES string of the molecule is Nc1nc(OC2CCCCC2)c([N+](=O)[O-])c(-c2ccco2)n1. The Kier molecular flexibility index (Phi) is 3.90. The van der Waals surface area contributed by atoms with Crippen molar-refractivity contribution < 1.29 is 14.1 Å². The Hall–Kier alpha value is -2.64. The summed E-state index contributed by atoms with van der Waals surface area (Å²) in [6.45, 7) is 0. The molecular formula is C14H16N4O4. The first-order valence-electron chi connectivity index (χ1n) is 7.17. The number of furan rings is 1. The van der Waals surface area contributed by atoms with Crippen LogP contribution in [0.4, 0.5) is 11.6 Å². The Morgan fingerprint density at radius 2 is 2.09 bits per heavy atom. The van der Waals surface area contributed by atoms with Crippen molar-refractivity contribution in [2.45, 2.75) is 38.2 Å². The summed E-state index contributed by atoms with van der Waals surface area (Å²) in [5.41, 5.74) is 5.40. The highest BCUT2D eigenvalue weighted by Crippen LogP contribution is 2.37. The van der Waals surface area contributed by atoms with Gasteiger partial charge in [0.05, 0.1) is 11.2 Å². The highest BCUT2D eigenvalue weighted by Gasteiger charge is 2.30. The van der Waals surface area contributed by atoms with Crippen LogP contribution in [0.15, 0.2) is 22.8 Å². The summed E-state index contributed by atoms with van der Waals surface area (Å²) >= 11 is 0. The summed E-state index contributed by atoms with van der Waals surface area (Å²) in [5, 5.41) is 11.5. The molecule has 2 N–H and O–H groups in total. The highest BCUT2D eigenvalue weighted by molar-refractivity contribution is 5.69. The number of hydrogen-bond donors (Lipinski definition) is 1. The summed E-state index contributed by atoms with van der Waals surface area (Å²) in [4.78, 5) is 18.8. The Labute approximate surface area is 126 Å². The Morgan fingerprint density at radius 3 is 2.73 bits per heavy atom. The lowest BCUT2D eigenvalue weighted by Gasteiger charge is -2.22. The maximum absolute atomic E-state index is 11.5. The minimum absolute atomic E-state index is 0.0355. The predicted molar refractivity (Wildman–Crippen MR) is 78.3 cm³/mol. The van der Waals surface area contributed by atoms with Gasteiger partial charge in [0.15, 0.2) is 11.5 Å². The lowest BCUT2D eigenvalue weighted by molar-refractivity contribution is -0.386. The third kappa shape index (κ3) is 2.85. The molecule has 2 heterocycles. The summed E-state index contributed by atoms with van der Waals surface area (Å²) in [5.74, 6) is 0.0907. The molecular weight excluding hydrogens is 288 g/mol. The van der Waals surface area contributed by atoms with Crippen LogP contribution in [-0.4, -0.2) is 21.0 Å². The molecule has 0 amide bonds. The van der Waals surface area contributed by atoms with Crippen LogP contribution in [0.3, 0.4) is 0 Å². The Bertz CT molecular complexity index is 666. The molecule has 0 aromatic carbocycles. The Balaban J connectivity index is 2.02. The van der Waals surface area contributed by atoms with Gasteiger partial charge in [0.25, 0.3) is 5.88 Å². The first-order valence-corrected chi connectivity index (χ1v) is 7.17. The molecule has 8 nitrogen and oxygen atoms in total. The van der Waals surface area contributed by atoms with Crippen molar-refractivity contribution in [2.75, 3.05) is 5.73 Å². The quantitative estimate of drug-likeness (QED) is 0.681. The smallest absolute Gasteiger partial charge is 0.360 e. The maximum atomic E-state index is 11.5. The van der Waals surface area contributed by atoms with E-state index >= 15 is 0 Å². The van der Waals surface area contributed by atoms with Crippen LogP contribution in [0.1, 0.15) is 32.1 Å². The second-order valence-electron chi connectivity index (χ2n) is 5.20. The van der Waals surface area contributed by atoms with E-state index in [1.807, 2.05) is 0 Å². The second kappa shape index (κ2) is 6.00. The highest BCUT2D eigenvalue weighted by atomic mass is 16.6. The van der Waals surface area contributed by atoms with Gasteiger partial charge in [-0.15, -0.1) is 0 Å². The van der Waals surface area contributed by atoms with Crippen molar-refractivity contribution in [3.8, 4) is 17.3 Å². The predicted octanol–water partition coefficient (Wildman–Crippen LogP) is 2.94. The minimum Gasteiger partial charge on any atom is -0.469 e. The van der Waals surface area contributed by atoms with E-state index in [2.05, 4.69) is 9.97 Å². The monoisotopic (exact) mass is 304 g/mol. The van der Waals surface area contributed by atoms with E-state index in [9.17, 15) is 10.1 Å². The number of ether oxygens (including phenoxy) is 1. The summed E-state index contributed by atoms with van der Waals surface area (Å²) in [7, 11) is 0. The second-order valence-corrected chi connectivity index (χ2v) is 5.20. The van der Waals surface area contributed by atoms with E-state index < -0.39 is 4.92 Å². The van der Waals surface area contributed by atoms with E-state index in [-0.39, 0.29) is 35.1 Å². The van der Waals surface area contributed by atoms with Crippen LogP contribution >= 0.6 is 0 Å². The van der Waals surface area contributed by atoms with Crippen molar-refractivity contribution in [3.05, 3.63) is 28.5 Å². The topological polar surface area (TPSA) is 117 Å². The van der Waals surface area contributed by atoms with Gasteiger partial charge in [-0.05, 0) is 37.8 Å².